The van der Waals surface area contributed by atoms with Crippen LogP contribution < -0.4 is 0 Å². The lowest BCUT2D eigenvalue weighted by Crippen LogP contribution is -1.79. The van der Waals surface area contributed by atoms with Crippen molar-refractivity contribution in [3.05, 3.63) is 18.7 Å². The van der Waals surface area contributed by atoms with Gasteiger partial charge in [0.15, 0.2) is 0 Å². The third-order valence-electron chi connectivity index (χ3n) is 2.44. The van der Waals surface area contributed by atoms with Crippen LogP contribution in [0.2, 0.25) is 0 Å². The van der Waals surface area contributed by atoms with E-state index < -0.39 is 0 Å². The van der Waals surface area contributed by atoms with Gasteiger partial charge in [-0.2, -0.15) is 0 Å². The molecule has 0 atom stereocenters. The van der Waals surface area contributed by atoms with Gasteiger partial charge < -0.3 is 0 Å². The highest BCUT2D eigenvalue weighted by Crippen LogP contribution is 2.39. The molecule has 1 heterocycles. The summed E-state index contributed by atoms with van der Waals surface area (Å²) in [6.07, 6.45) is 7.55. The summed E-state index contributed by atoms with van der Waals surface area (Å²) in [5.74, 6) is 0. The van der Waals surface area contributed by atoms with Crippen LogP contribution in [-0.2, 0) is 12.8 Å². The smallest absolute Gasteiger partial charge is 0.0459 e. The Kier molecular flexibility index (Phi) is 6.48. The van der Waals surface area contributed by atoms with Crippen molar-refractivity contribution in [2.75, 3.05) is 0 Å². The van der Waals surface area contributed by atoms with Gasteiger partial charge in [0.25, 0.3) is 0 Å². The Labute approximate surface area is 114 Å². The molecule has 0 aliphatic heterocycles. The fourth-order valence-electron chi connectivity index (χ4n) is 1.48. The van der Waals surface area contributed by atoms with E-state index in [1.807, 2.05) is 11.3 Å². The van der Waals surface area contributed by atoms with Gasteiger partial charge in [0, 0.05) is 18.7 Å². The van der Waals surface area contributed by atoms with E-state index in [1.54, 1.807) is 0 Å². The first-order valence-electron chi connectivity index (χ1n) is 5.66. The monoisotopic (exact) mass is 352 g/mol. The minimum atomic E-state index is 1.21. The average molecular weight is 354 g/mol. The van der Waals surface area contributed by atoms with Crippen molar-refractivity contribution < 1.29 is 0 Å². The van der Waals surface area contributed by atoms with E-state index in [-0.39, 0.29) is 0 Å². The van der Waals surface area contributed by atoms with Crippen LogP contribution in [0.25, 0.3) is 0 Å². The van der Waals surface area contributed by atoms with E-state index in [0.29, 0.717) is 0 Å². The van der Waals surface area contributed by atoms with Crippen LogP contribution in [0.15, 0.2) is 8.95 Å². The highest BCUT2D eigenvalue weighted by Gasteiger charge is 2.13. The highest BCUT2D eigenvalue weighted by atomic mass is 79.9. The van der Waals surface area contributed by atoms with Crippen molar-refractivity contribution in [1.29, 1.82) is 0 Å². The molecule has 1 rings (SSSR count). The Bertz CT molecular complexity index is 276. The molecule has 86 valence electrons. The van der Waals surface area contributed by atoms with E-state index in [1.165, 1.54) is 57.2 Å². The third kappa shape index (κ3) is 3.86. The summed E-state index contributed by atoms with van der Waals surface area (Å²) in [6.45, 7) is 4.49. The van der Waals surface area contributed by atoms with Gasteiger partial charge in [-0.1, -0.05) is 26.7 Å². The summed E-state index contributed by atoms with van der Waals surface area (Å²) >= 11 is 9.35. The van der Waals surface area contributed by atoms with Crippen molar-refractivity contribution in [2.24, 2.45) is 0 Å². The molecular formula is C12H18Br2S. The highest BCUT2D eigenvalue weighted by molar-refractivity contribution is 9.13. The van der Waals surface area contributed by atoms with Crippen molar-refractivity contribution in [2.45, 2.75) is 52.4 Å². The molecule has 0 bridgehead atoms. The third-order valence-corrected chi connectivity index (χ3v) is 6.56. The van der Waals surface area contributed by atoms with E-state index in [9.17, 15) is 0 Å². The van der Waals surface area contributed by atoms with Crippen molar-refractivity contribution in [3.63, 3.8) is 0 Å². The molecule has 3 heteroatoms. The second-order valence-electron chi connectivity index (χ2n) is 3.78. The molecule has 0 aliphatic rings. The maximum Gasteiger partial charge on any atom is 0.0459 e. The van der Waals surface area contributed by atoms with Crippen LogP contribution in [0.1, 0.15) is 49.3 Å². The second-order valence-corrected chi connectivity index (χ2v) is 6.56. The molecule has 0 N–H and O–H groups in total. The molecule has 1 aromatic heterocycles. The zero-order valence-electron chi connectivity index (χ0n) is 9.41. The summed E-state index contributed by atoms with van der Waals surface area (Å²) in [7, 11) is 0. The van der Waals surface area contributed by atoms with Crippen LogP contribution in [0, 0.1) is 0 Å². The van der Waals surface area contributed by atoms with Gasteiger partial charge in [-0.05, 0) is 57.5 Å². The van der Waals surface area contributed by atoms with E-state index in [4.69, 9.17) is 0 Å². The lowest BCUT2D eigenvalue weighted by molar-refractivity contribution is 0.802. The summed E-state index contributed by atoms with van der Waals surface area (Å²) in [5, 5.41) is 0. The largest absolute Gasteiger partial charge is 0.143 e. The van der Waals surface area contributed by atoms with E-state index in [2.05, 4.69) is 45.7 Å². The molecule has 0 nitrogen and oxygen atoms in total. The number of hydrogen-bond donors (Lipinski definition) is 0. The Balaban J connectivity index is 2.72. The molecule has 0 saturated heterocycles. The average Bonchev–Trinajstić information content (AvgIpc) is 2.51. The second kappa shape index (κ2) is 7.08. The number of thiophene rings is 1. The minimum absolute atomic E-state index is 1.21. The first-order valence-corrected chi connectivity index (χ1v) is 8.06. The topological polar surface area (TPSA) is 0 Å². The Morgan fingerprint density at radius 1 is 0.867 bits per heavy atom. The molecule has 0 saturated carbocycles. The normalized spacial score (nSPS) is 10.9. The van der Waals surface area contributed by atoms with Crippen LogP contribution in [-0.4, -0.2) is 0 Å². The molecule has 0 amide bonds. The van der Waals surface area contributed by atoms with Crippen molar-refractivity contribution in [1.82, 2.24) is 0 Å². The molecule has 0 radical (unpaired) electrons. The van der Waals surface area contributed by atoms with E-state index >= 15 is 0 Å². The Morgan fingerprint density at radius 3 is 1.60 bits per heavy atom. The van der Waals surface area contributed by atoms with Gasteiger partial charge in [-0.3, -0.25) is 0 Å². The van der Waals surface area contributed by atoms with Crippen molar-refractivity contribution >= 4 is 43.2 Å². The fourth-order valence-corrected chi connectivity index (χ4v) is 4.28. The Morgan fingerprint density at radius 2 is 1.27 bits per heavy atom. The number of aryl methyl sites for hydroxylation is 2. The van der Waals surface area contributed by atoms with Crippen LogP contribution >= 0.6 is 43.2 Å². The first kappa shape index (κ1) is 13.7. The van der Waals surface area contributed by atoms with Crippen LogP contribution in [0.4, 0.5) is 0 Å². The van der Waals surface area contributed by atoms with E-state index in [0.717, 1.165) is 0 Å². The van der Waals surface area contributed by atoms with Crippen LogP contribution in [0.3, 0.4) is 0 Å². The first-order chi connectivity index (χ1) is 7.20. The predicted molar refractivity (Wildman–Crippen MR) is 76.9 cm³/mol. The molecule has 15 heavy (non-hydrogen) atoms. The number of halogens is 2. The molecule has 0 spiro atoms. The molecular weight excluding hydrogens is 336 g/mol. The number of rotatable bonds is 6. The van der Waals surface area contributed by atoms with Gasteiger partial charge >= 0.3 is 0 Å². The Hall–Kier alpha value is 0.660. The summed E-state index contributed by atoms with van der Waals surface area (Å²) in [4.78, 5) is 3.02. The zero-order valence-corrected chi connectivity index (χ0v) is 13.4. The molecule has 1 aromatic rings. The SMILES string of the molecule is CCCCc1sc(CCCC)c(Br)c1Br. The molecule has 0 fully saturated rings. The molecule has 0 aromatic carbocycles. The maximum absolute atomic E-state index is 3.69. The fraction of sp³-hybridized carbons (Fsp3) is 0.667. The predicted octanol–water partition coefficient (Wildman–Crippen LogP) is 5.96. The number of unbranched alkanes of at least 4 members (excludes halogenated alkanes) is 2. The molecule has 0 aliphatic carbocycles. The molecule has 0 unspecified atom stereocenters. The maximum atomic E-state index is 3.69. The standard InChI is InChI=1S/C12H18Br2S/c1-3-5-7-9-11(13)12(14)10(15-9)8-6-4-2/h3-8H2,1-2H3. The summed E-state index contributed by atoms with van der Waals surface area (Å²) in [5.41, 5.74) is 0. The van der Waals surface area contributed by atoms with Gasteiger partial charge in [0.05, 0.1) is 0 Å². The van der Waals surface area contributed by atoms with Crippen molar-refractivity contribution in [3.8, 4) is 0 Å². The lowest BCUT2D eigenvalue weighted by atomic mass is 10.2. The van der Waals surface area contributed by atoms with Gasteiger partial charge in [0.1, 0.15) is 0 Å². The quantitative estimate of drug-likeness (QED) is 0.591. The summed E-state index contributed by atoms with van der Waals surface area (Å²) < 4.78 is 2.60. The summed E-state index contributed by atoms with van der Waals surface area (Å²) in [6, 6.07) is 0. The zero-order chi connectivity index (χ0) is 11.3. The van der Waals surface area contributed by atoms with Gasteiger partial charge in [-0.15, -0.1) is 11.3 Å². The minimum Gasteiger partial charge on any atom is -0.143 e. The van der Waals surface area contributed by atoms with Crippen LogP contribution in [0.5, 0.6) is 0 Å². The number of hydrogen-bond acceptors (Lipinski definition) is 1. The van der Waals surface area contributed by atoms with Gasteiger partial charge in [-0.25, -0.2) is 0 Å². The van der Waals surface area contributed by atoms with Gasteiger partial charge in [0.2, 0.25) is 0 Å². The lowest BCUT2D eigenvalue weighted by Gasteiger charge is -1.95.